The maximum absolute atomic E-state index is 6.33. The molecule has 0 spiro atoms. The molecule has 3 atom stereocenters. The Morgan fingerprint density at radius 1 is 1.00 bits per heavy atom. The monoisotopic (exact) mass is 280 g/mol. The number of nitrogens with zero attached hydrogens (tertiary/aromatic N) is 1. The van der Waals surface area contributed by atoms with Crippen LogP contribution in [-0.2, 0) is 0 Å². The maximum atomic E-state index is 6.33. The summed E-state index contributed by atoms with van der Waals surface area (Å²) in [6.07, 6.45) is 9.59. The average Bonchev–Trinajstić information content (AvgIpc) is 2.80. The first-order chi connectivity index (χ1) is 9.50. The topological polar surface area (TPSA) is 29.3 Å². The van der Waals surface area contributed by atoms with E-state index < -0.39 is 0 Å². The molecular formula is C18H36N2. The Morgan fingerprint density at radius 3 is 2.35 bits per heavy atom. The van der Waals surface area contributed by atoms with Crippen molar-refractivity contribution >= 4 is 0 Å². The van der Waals surface area contributed by atoms with E-state index in [4.69, 9.17) is 5.73 Å². The van der Waals surface area contributed by atoms with Gasteiger partial charge < -0.3 is 5.73 Å². The van der Waals surface area contributed by atoms with Gasteiger partial charge in [-0.1, -0.05) is 40.5 Å². The van der Waals surface area contributed by atoms with Gasteiger partial charge >= 0.3 is 0 Å². The molecule has 0 aromatic carbocycles. The van der Waals surface area contributed by atoms with Gasteiger partial charge in [0.15, 0.2) is 0 Å². The van der Waals surface area contributed by atoms with Gasteiger partial charge in [0.25, 0.3) is 0 Å². The van der Waals surface area contributed by atoms with E-state index in [1.807, 2.05) is 0 Å². The van der Waals surface area contributed by atoms with Gasteiger partial charge in [0.05, 0.1) is 0 Å². The standard InChI is InChI=1S/C18H36N2/c1-14(2)16-7-5-10-18(13-19,11-9-16)20-12-6-8-17(20)15(3)4/h14-17H,5-13,19H2,1-4H3. The molecular weight excluding hydrogens is 244 g/mol. The van der Waals surface area contributed by atoms with E-state index in [0.717, 1.165) is 30.3 Å². The normalized spacial score (nSPS) is 36.8. The molecule has 2 fully saturated rings. The summed E-state index contributed by atoms with van der Waals surface area (Å²) in [5.41, 5.74) is 6.64. The van der Waals surface area contributed by atoms with Crippen LogP contribution in [0.25, 0.3) is 0 Å². The third-order valence-electron chi connectivity index (χ3n) is 6.20. The summed E-state index contributed by atoms with van der Waals surface area (Å²) >= 11 is 0. The molecule has 1 saturated heterocycles. The van der Waals surface area contributed by atoms with Gasteiger partial charge in [-0.05, 0) is 56.4 Å². The summed E-state index contributed by atoms with van der Waals surface area (Å²) in [7, 11) is 0. The van der Waals surface area contributed by atoms with Gasteiger partial charge in [-0.3, -0.25) is 4.90 Å². The van der Waals surface area contributed by atoms with E-state index >= 15 is 0 Å². The fourth-order valence-corrected chi connectivity index (χ4v) is 4.77. The van der Waals surface area contributed by atoms with Crippen molar-refractivity contribution in [3.8, 4) is 0 Å². The molecule has 0 bridgehead atoms. The molecule has 2 N–H and O–H groups in total. The quantitative estimate of drug-likeness (QED) is 0.787. The maximum Gasteiger partial charge on any atom is 0.0334 e. The summed E-state index contributed by atoms with van der Waals surface area (Å²) in [4.78, 5) is 2.83. The van der Waals surface area contributed by atoms with Crippen molar-refractivity contribution in [1.29, 1.82) is 0 Å². The number of nitrogens with two attached hydrogens (primary N) is 1. The molecule has 0 aromatic rings. The molecule has 1 saturated carbocycles. The van der Waals surface area contributed by atoms with E-state index in [9.17, 15) is 0 Å². The molecule has 2 heteroatoms. The van der Waals surface area contributed by atoms with Gasteiger partial charge in [-0.15, -0.1) is 0 Å². The van der Waals surface area contributed by atoms with Crippen LogP contribution in [0, 0.1) is 17.8 Å². The highest BCUT2D eigenvalue weighted by Crippen LogP contribution is 2.41. The first-order valence-corrected chi connectivity index (χ1v) is 8.97. The number of hydrogen-bond acceptors (Lipinski definition) is 2. The van der Waals surface area contributed by atoms with Crippen molar-refractivity contribution in [1.82, 2.24) is 4.90 Å². The van der Waals surface area contributed by atoms with Crippen LogP contribution in [0.5, 0.6) is 0 Å². The smallest absolute Gasteiger partial charge is 0.0334 e. The first kappa shape index (κ1) is 16.3. The first-order valence-electron chi connectivity index (χ1n) is 8.97. The summed E-state index contributed by atoms with van der Waals surface area (Å²) in [5, 5.41) is 0. The van der Waals surface area contributed by atoms with Crippen molar-refractivity contribution in [2.45, 2.75) is 84.2 Å². The minimum absolute atomic E-state index is 0.315. The minimum Gasteiger partial charge on any atom is -0.329 e. The Balaban J connectivity index is 2.12. The molecule has 118 valence electrons. The molecule has 1 aliphatic carbocycles. The van der Waals surface area contributed by atoms with Gasteiger partial charge in [0.2, 0.25) is 0 Å². The van der Waals surface area contributed by atoms with Gasteiger partial charge in [0, 0.05) is 18.1 Å². The van der Waals surface area contributed by atoms with E-state index in [1.165, 1.54) is 51.5 Å². The second-order valence-corrected chi connectivity index (χ2v) is 8.01. The van der Waals surface area contributed by atoms with Crippen molar-refractivity contribution in [2.75, 3.05) is 13.1 Å². The Hall–Kier alpha value is -0.0800. The molecule has 2 aliphatic rings. The number of likely N-dealkylation sites (tertiary alicyclic amines) is 1. The minimum atomic E-state index is 0.315. The van der Waals surface area contributed by atoms with E-state index in [-0.39, 0.29) is 0 Å². The average molecular weight is 281 g/mol. The Labute approximate surface area is 126 Å². The third-order valence-corrected chi connectivity index (χ3v) is 6.20. The lowest BCUT2D eigenvalue weighted by molar-refractivity contribution is 0.0455. The van der Waals surface area contributed by atoms with Gasteiger partial charge in [0.1, 0.15) is 0 Å². The molecule has 2 nitrogen and oxygen atoms in total. The van der Waals surface area contributed by atoms with Crippen LogP contribution in [0.2, 0.25) is 0 Å². The highest BCUT2D eigenvalue weighted by molar-refractivity contribution is 5.00. The summed E-state index contributed by atoms with van der Waals surface area (Å²) in [5.74, 6) is 2.52. The zero-order chi connectivity index (χ0) is 14.8. The molecule has 2 rings (SSSR count). The molecule has 1 aliphatic heterocycles. The molecule has 1 heterocycles. The fraction of sp³-hybridized carbons (Fsp3) is 1.00. The lowest BCUT2D eigenvalue weighted by Crippen LogP contribution is -2.56. The summed E-state index contributed by atoms with van der Waals surface area (Å²) < 4.78 is 0. The second-order valence-electron chi connectivity index (χ2n) is 8.01. The Bertz CT molecular complexity index is 300. The molecule has 0 amide bonds. The van der Waals surface area contributed by atoms with Crippen LogP contribution in [0.15, 0.2) is 0 Å². The second kappa shape index (κ2) is 6.79. The van der Waals surface area contributed by atoms with Crippen LogP contribution in [0.4, 0.5) is 0 Å². The molecule has 20 heavy (non-hydrogen) atoms. The Kier molecular flexibility index (Phi) is 5.53. The highest BCUT2D eigenvalue weighted by Gasteiger charge is 2.43. The number of rotatable bonds is 4. The molecule has 0 radical (unpaired) electrons. The van der Waals surface area contributed by atoms with Crippen molar-refractivity contribution in [3.63, 3.8) is 0 Å². The largest absolute Gasteiger partial charge is 0.329 e. The predicted octanol–water partition coefficient (Wildman–Crippen LogP) is 4.04. The van der Waals surface area contributed by atoms with Crippen LogP contribution in [-0.4, -0.2) is 29.6 Å². The SMILES string of the molecule is CC(C)C1CCCC(CN)(N2CCCC2C(C)C)CC1. The Morgan fingerprint density at radius 2 is 1.75 bits per heavy atom. The molecule has 0 aromatic heterocycles. The van der Waals surface area contributed by atoms with Gasteiger partial charge in [-0.2, -0.15) is 0 Å². The van der Waals surface area contributed by atoms with Crippen molar-refractivity contribution < 1.29 is 0 Å². The van der Waals surface area contributed by atoms with E-state index in [1.54, 1.807) is 0 Å². The zero-order valence-corrected chi connectivity index (χ0v) is 14.2. The van der Waals surface area contributed by atoms with Crippen molar-refractivity contribution in [2.24, 2.45) is 23.5 Å². The zero-order valence-electron chi connectivity index (χ0n) is 14.2. The fourth-order valence-electron chi connectivity index (χ4n) is 4.77. The van der Waals surface area contributed by atoms with Crippen molar-refractivity contribution in [3.05, 3.63) is 0 Å². The third kappa shape index (κ3) is 3.22. The van der Waals surface area contributed by atoms with E-state index in [2.05, 4.69) is 32.6 Å². The van der Waals surface area contributed by atoms with Crippen LogP contribution < -0.4 is 5.73 Å². The summed E-state index contributed by atoms with van der Waals surface area (Å²) in [6.45, 7) is 11.7. The highest BCUT2D eigenvalue weighted by atomic mass is 15.3. The van der Waals surface area contributed by atoms with Crippen LogP contribution >= 0.6 is 0 Å². The van der Waals surface area contributed by atoms with Crippen LogP contribution in [0.3, 0.4) is 0 Å². The van der Waals surface area contributed by atoms with E-state index in [0.29, 0.717) is 5.54 Å². The van der Waals surface area contributed by atoms with Gasteiger partial charge in [-0.25, -0.2) is 0 Å². The van der Waals surface area contributed by atoms with Crippen LogP contribution in [0.1, 0.15) is 72.6 Å². The lowest BCUT2D eigenvalue weighted by Gasteiger charge is -2.45. The molecule has 3 unspecified atom stereocenters. The lowest BCUT2D eigenvalue weighted by atomic mass is 9.84. The predicted molar refractivity (Wildman–Crippen MR) is 87.8 cm³/mol. The summed E-state index contributed by atoms with van der Waals surface area (Å²) in [6, 6.07) is 0.772. The number of hydrogen-bond donors (Lipinski definition) is 1.